The standard InChI is InChI=1S/C16H10Cl4O6S2/c1-7(21)13-9(3-5-11(17)15(13)27(19,23)24)10-4-6-12(18)16(28(20,25)26)14(10)8(2)22/h3-6H,1-2H3. The van der Waals surface area contributed by atoms with Crippen LogP contribution < -0.4 is 0 Å². The predicted molar refractivity (Wildman–Crippen MR) is 108 cm³/mol. The van der Waals surface area contributed by atoms with Crippen LogP contribution in [0.2, 0.25) is 10.0 Å². The second-order valence-corrected chi connectivity index (χ2v) is 11.4. The first-order valence-corrected chi connectivity index (χ1v) is 12.6. The highest BCUT2D eigenvalue weighted by molar-refractivity contribution is 8.14. The topological polar surface area (TPSA) is 102 Å². The Morgan fingerprint density at radius 3 is 1.18 bits per heavy atom. The van der Waals surface area contributed by atoms with E-state index in [-0.39, 0.29) is 21.2 Å². The van der Waals surface area contributed by atoms with E-state index in [1.54, 1.807) is 0 Å². The second kappa shape index (κ2) is 7.93. The van der Waals surface area contributed by atoms with Crippen LogP contribution in [0, 0.1) is 0 Å². The Kier molecular flexibility index (Phi) is 6.55. The number of halogens is 4. The van der Waals surface area contributed by atoms with Crippen molar-refractivity contribution in [2.24, 2.45) is 0 Å². The lowest BCUT2D eigenvalue weighted by Gasteiger charge is -2.17. The number of Topliss-reactive ketones (excluding diaryl/α,β-unsaturated/α-hetero) is 2. The number of benzene rings is 2. The second-order valence-electron chi connectivity index (χ2n) is 5.59. The highest BCUT2D eigenvalue weighted by Crippen LogP contribution is 2.41. The molecule has 0 aromatic heterocycles. The molecule has 0 bridgehead atoms. The predicted octanol–water partition coefficient (Wildman–Crippen LogP) is 4.92. The lowest BCUT2D eigenvalue weighted by Crippen LogP contribution is -2.10. The summed E-state index contributed by atoms with van der Waals surface area (Å²) in [4.78, 5) is 23.2. The molecule has 0 fully saturated rings. The number of ketones is 2. The third-order valence-electron chi connectivity index (χ3n) is 3.70. The van der Waals surface area contributed by atoms with Crippen LogP contribution in [-0.2, 0) is 18.1 Å². The van der Waals surface area contributed by atoms with E-state index in [4.69, 9.17) is 44.6 Å². The summed E-state index contributed by atoms with van der Waals surface area (Å²) in [6.07, 6.45) is 0. The minimum atomic E-state index is -4.46. The van der Waals surface area contributed by atoms with E-state index in [1.165, 1.54) is 12.1 Å². The Bertz CT molecular complexity index is 1140. The lowest BCUT2D eigenvalue weighted by atomic mass is 9.92. The highest BCUT2D eigenvalue weighted by Gasteiger charge is 2.30. The summed E-state index contributed by atoms with van der Waals surface area (Å²) in [6.45, 7) is 2.15. The van der Waals surface area contributed by atoms with Crippen molar-refractivity contribution in [1.82, 2.24) is 0 Å². The van der Waals surface area contributed by atoms with Gasteiger partial charge in [-0.1, -0.05) is 35.3 Å². The Morgan fingerprint density at radius 2 is 0.964 bits per heavy atom. The van der Waals surface area contributed by atoms with Gasteiger partial charge >= 0.3 is 0 Å². The molecule has 0 N–H and O–H groups in total. The molecule has 0 spiro atoms. The molecular formula is C16H10Cl4O6S2. The van der Waals surface area contributed by atoms with Crippen molar-refractivity contribution in [3.63, 3.8) is 0 Å². The minimum absolute atomic E-state index is 0.0699. The zero-order chi connectivity index (χ0) is 21.6. The van der Waals surface area contributed by atoms with E-state index in [0.29, 0.717) is 0 Å². The average molecular weight is 504 g/mol. The number of rotatable bonds is 5. The highest BCUT2D eigenvalue weighted by atomic mass is 35.7. The van der Waals surface area contributed by atoms with Crippen molar-refractivity contribution < 1.29 is 26.4 Å². The third kappa shape index (κ3) is 4.37. The Hall–Kier alpha value is -1.16. The third-order valence-corrected chi connectivity index (χ3v) is 7.30. The van der Waals surface area contributed by atoms with Crippen LogP contribution in [0.1, 0.15) is 34.6 Å². The van der Waals surface area contributed by atoms with Crippen molar-refractivity contribution >= 4 is 74.2 Å². The fourth-order valence-corrected chi connectivity index (χ4v) is 6.46. The first-order chi connectivity index (χ1) is 12.7. The van der Waals surface area contributed by atoms with Crippen LogP contribution in [0.15, 0.2) is 34.1 Å². The van der Waals surface area contributed by atoms with Crippen LogP contribution in [0.25, 0.3) is 11.1 Å². The minimum Gasteiger partial charge on any atom is -0.294 e. The molecule has 12 heteroatoms. The molecule has 2 aromatic carbocycles. The SMILES string of the molecule is CC(=O)c1c(-c2ccc(Cl)c(S(=O)(=O)Cl)c2C(C)=O)ccc(Cl)c1S(=O)(=O)Cl. The van der Waals surface area contributed by atoms with Gasteiger partial charge in [0, 0.05) is 32.5 Å². The van der Waals surface area contributed by atoms with Crippen molar-refractivity contribution in [3.05, 3.63) is 45.4 Å². The zero-order valence-electron chi connectivity index (χ0n) is 14.1. The van der Waals surface area contributed by atoms with Crippen LogP contribution in [0.4, 0.5) is 0 Å². The maximum atomic E-state index is 12.3. The quantitative estimate of drug-likeness (QED) is 0.423. The molecule has 150 valence electrons. The molecule has 6 nitrogen and oxygen atoms in total. The van der Waals surface area contributed by atoms with Gasteiger partial charge in [-0.15, -0.1) is 0 Å². The summed E-state index contributed by atoms with van der Waals surface area (Å²) < 4.78 is 47.9. The monoisotopic (exact) mass is 502 g/mol. The fraction of sp³-hybridized carbons (Fsp3) is 0.125. The smallest absolute Gasteiger partial charge is 0.263 e. The molecule has 2 aromatic rings. The van der Waals surface area contributed by atoms with E-state index < -0.39 is 50.6 Å². The van der Waals surface area contributed by atoms with Gasteiger partial charge in [0.05, 0.1) is 10.0 Å². The molecule has 28 heavy (non-hydrogen) atoms. The lowest BCUT2D eigenvalue weighted by molar-refractivity contribution is 0.100. The molecule has 0 heterocycles. The maximum absolute atomic E-state index is 12.3. The molecule has 2 rings (SSSR count). The molecule has 0 aliphatic heterocycles. The van der Waals surface area contributed by atoms with Gasteiger partial charge in [-0.2, -0.15) is 0 Å². The van der Waals surface area contributed by atoms with Gasteiger partial charge in [-0.05, 0) is 37.1 Å². The number of carbonyl (C=O) groups is 2. The summed E-state index contributed by atoms with van der Waals surface area (Å²) in [5, 5.41) is -0.625. The number of carbonyl (C=O) groups excluding carboxylic acids is 2. The van der Waals surface area contributed by atoms with Crippen LogP contribution in [0.5, 0.6) is 0 Å². The fourth-order valence-electron chi connectivity index (χ4n) is 2.74. The molecule has 0 aliphatic carbocycles. The Balaban J connectivity index is 3.15. The van der Waals surface area contributed by atoms with E-state index in [9.17, 15) is 26.4 Å². The summed E-state index contributed by atoms with van der Waals surface area (Å²) in [6, 6.07) is 4.86. The van der Waals surface area contributed by atoms with E-state index in [2.05, 4.69) is 0 Å². The average Bonchev–Trinajstić information content (AvgIpc) is 2.51. The molecule has 0 aliphatic rings. The van der Waals surface area contributed by atoms with Crippen LogP contribution >= 0.6 is 44.6 Å². The van der Waals surface area contributed by atoms with Gasteiger partial charge in [0.1, 0.15) is 9.79 Å². The molecular weight excluding hydrogens is 494 g/mol. The number of hydrogen-bond donors (Lipinski definition) is 0. The molecule has 0 atom stereocenters. The largest absolute Gasteiger partial charge is 0.294 e. The Morgan fingerprint density at radius 1 is 0.679 bits per heavy atom. The van der Waals surface area contributed by atoms with E-state index >= 15 is 0 Å². The molecule has 0 amide bonds. The van der Waals surface area contributed by atoms with Crippen molar-refractivity contribution in [1.29, 1.82) is 0 Å². The van der Waals surface area contributed by atoms with Gasteiger partial charge in [-0.25, -0.2) is 16.8 Å². The van der Waals surface area contributed by atoms with Gasteiger partial charge in [0.2, 0.25) is 0 Å². The number of hydrogen-bond acceptors (Lipinski definition) is 6. The van der Waals surface area contributed by atoms with Gasteiger partial charge in [0.15, 0.2) is 11.6 Å². The van der Waals surface area contributed by atoms with Crippen molar-refractivity contribution in [2.75, 3.05) is 0 Å². The van der Waals surface area contributed by atoms with Gasteiger partial charge < -0.3 is 0 Å². The molecule has 0 unspecified atom stereocenters. The van der Waals surface area contributed by atoms with Gasteiger partial charge in [-0.3, -0.25) is 9.59 Å². The summed E-state index contributed by atoms with van der Waals surface area (Å²) >= 11 is 11.9. The first kappa shape index (κ1) is 23.1. The summed E-state index contributed by atoms with van der Waals surface area (Å²) in [5.41, 5.74) is -0.936. The van der Waals surface area contributed by atoms with Crippen LogP contribution in [-0.4, -0.2) is 28.4 Å². The van der Waals surface area contributed by atoms with Gasteiger partial charge in [0.25, 0.3) is 18.1 Å². The molecule has 0 saturated heterocycles. The summed E-state index contributed by atoms with van der Waals surface area (Å²) in [7, 11) is 1.96. The molecule has 0 radical (unpaired) electrons. The molecule has 0 saturated carbocycles. The van der Waals surface area contributed by atoms with Crippen LogP contribution in [0.3, 0.4) is 0 Å². The zero-order valence-corrected chi connectivity index (χ0v) is 18.7. The first-order valence-electron chi connectivity index (χ1n) is 7.24. The summed E-state index contributed by atoms with van der Waals surface area (Å²) in [5.74, 6) is -1.45. The van der Waals surface area contributed by atoms with Crippen molar-refractivity contribution in [3.8, 4) is 11.1 Å². The van der Waals surface area contributed by atoms with E-state index in [0.717, 1.165) is 26.0 Å². The van der Waals surface area contributed by atoms with Crippen molar-refractivity contribution in [2.45, 2.75) is 23.6 Å². The Labute approximate surface area is 180 Å². The normalized spacial score (nSPS) is 12.1. The van der Waals surface area contributed by atoms with E-state index in [1.807, 2.05) is 0 Å². The maximum Gasteiger partial charge on any atom is 0.263 e.